The summed E-state index contributed by atoms with van der Waals surface area (Å²) >= 11 is 0. The van der Waals surface area contributed by atoms with Gasteiger partial charge in [-0.1, -0.05) is 6.08 Å². The quantitative estimate of drug-likeness (QED) is 0.272. The maximum atomic E-state index is 11.8. The smallest absolute Gasteiger partial charge is 0.352 e. The van der Waals surface area contributed by atoms with Gasteiger partial charge >= 0.3 is 5.69 Å². The molecule has 0 radical (unpaired) electrons. The van der Waals surface area contributed by atoms with Crippen molar-refractivity contribution in [3.05, 3.63) is 41.3 Å². The number of nitrogens with zero attached hydrogens (tertiary/aromatic N) is 3. The highest BCUT2D eigenvalue weighted by Crippen LogP contribution is 2.29. The van der Waals surface area contributed by atoms with E-state index in [1.807, 2.05) is 0 Å². The lowest BCUT2D eigenvalue weighted by atomic mass is 10.2. The van der Waals surface area contributed by atoms with Gasteiger partial charge in [-0.3, -0.25) is 9.99 Å². The summed E-state index contributed by atoms with van der Waals surface area (Å²) in [6.45, 7) is 4.01. The van der Waals surface area contributed by atoms with E-state index in [1.54, 1.807) is 6.08 Å². The number of aromatic hydroxyl groups is 2. The number of phenols is 2. The SMILES string of the molecule is C=CCNNc1nc(-c2ccc(O)c(O)c2)n(C)c(=O)n1. The Balaban J connectivity index is 2.44. The van der Waals surface area contributed by atoms with Gasteiger partial charge in [-0.05, 0) is 18.2 Å². The van der Waals surface area contributed by atoms with Gasteiger partial charge in [0.1, 0.15) is 5.82 Å². The number of benzene rings is 1. The van der Waals surface area contributed by atoms with Crippen LogP contribution in [-0.2, 0) is 7.05 Å². The van der Waals surface area contributed by atoms with E-state index in [0.29, 0.717) is 17.9 Å². The largest absolute Gasteiger partial charge is 0.504 e. The van der Waals surface area contributed by atoms with Gasteiger partial charge in [-0.25, -0.2) is 10.2 Å². The van der Waals surface area contributed by atoms with Crippen LogP contribution in [0.25, 0.3) is 11.4 Å². The number of phenolic OH excluding ortho intramolecular Hbond substituents is 2. The lowest BCUT2D eigenvalue weighted by molar-refractivity contribution is 0.404. The molecule has 0 saturated carbocycles. The van der Waals surface area contributed by atoms with E-state index < -0.39 is 5.69 Å². The molecule has 1 heterocycles. The molecule has 0 fully saturated rings. The van der Waals surface area contributed by atoms with Gasteiger partial charge in [0.25, 0.3) is 0 Å². The first-order valence-corrected chi connectivity index (χ1v) is 6.10. The third-order valence-electron chi connectivity index (χ3n) is 2.70. The highest BCUT2D eigenvalue weighted by molar-refractivity contribution is 5.61. The highest BCUT2D eigenvalue weighted by Gasteiger charge is 2.11. The first kappa shape index (κ1) is 14.5. The van der Waals surface area contributed by atoms with E-state index >= 15 is 0 Å². The van der Waals surface area contributed by atoms with Crippen LogP contribution in [0, 0.1) is 0 Å². The summed E-state index contributed by atoms with van der Waals surface area (Å²) in [6, 6.07) is 4.18. The number of rotatable bonds is 5. The van der Waals surface area contributed by atoms with Crippen molar-refractivity contribution >= 4 is 5.95 Å². The summed E-state index contributed by atoms with van der Waals surface area (Å²) in [5.74, 6) is -0.141. The Bertz CT molecular complexity index is 726. The van der Waals surface area contributed by atoms with Crippen LogP contribution in [0.3, 0.4) is 0 Å². The van der Waals surface area contributed by atoms with E-state index in [4.69, 9.17) is 0 Å². The molecule has 0 bridgehead atoms. The van der Waals surface area contributed by atoms with E-state index in [2.05, 4.69) is 27.4 Å². The molecule has 21 heavy (non-hydrogen) atoms. The Labute approximate surface area is 120 Å². The fourth-order valence-electron chi connectivity index (χ4n) is 1.64. The predicted molar refractivity (Wildman–Crippen MR) is 77.9 cm³/mol. The van der Waals surface area contributed by atoms with E-state index in [9.17, 15) is 15.0 Å². The highest BCUT2D eigenvalue weighted by atomic mass is 16.3. The Morgan fingerprint density at radius 3 is 2.76 bits per heavy atom. The molecule has 0 unspecified atom stereocenters. The number of hydrogen-bond acceptors (Lipinski definition) is 7. The average Bonchev–Trinajstić information content (AvgIpc) is 2.46. The summed E-state index contributed by atoms with van der Waals surface area (Å²) in [5.41, 5.74) is 5.41. The Hall–Kier alpha value is -2.87. The maximum Gasteiger partial charge on any atom is 0.352 e. The monoisotopic (exact) mass is 289 g/mol. The molecular weight excluding hydrogens is 274 g/mol. The number of hydrogen-bond donors (Lipinski definition) is 4. The fraction of sp³-hybridized carbons (Fsp3) is 0.154. The molecule has 0 spiro atoms. The fourth-order valence-corrected chi connectivity index (χ4v) is 1.64. The molecule has 0 amide bonds. The Morgan fingerprint density at radius 2 is 2.10 bits per heavy atom. The van der Waals surface area contributed by atoms with E-state index in [1.165, 1.54) is 29.8 Å². The summed E-state index contributed by atoms with van der Waals surface area (Å²) in [6.07, 6.45) is 1.63. The predicted octanol–water partition coefficient (Wildman–Crippen LogP) is 0.356. The van der Waals surface area contributed by atoms with Crippen LogP contribution in [0.2, 0.25) is 0 Å². The van der Waals surface area contributed by atoms with Gasteiger partial charge < -0.3 is 10.2 Å². The zero-order valence-electron chi connectivity index (χ0n) is 11.4. The lowest BCUT2D eigenvalue weighted by Crippen LogP contribution is -2.29. The van der Waals surface area contributed by atoms with Gasteiger partial charge in [-0.15, -0.1) is 6.58 Å². The summed E-state index contributed by atoms with van der Waals surface area (Å²) in [7, 11) is 1.52. The van der Waals surface area contributed by atoms with Crippen LogP contribution in [0.1, 0.15) is 0 Å². The molecule has 0 aliphatic heterocycles. The molecule has 2 rings (SSSR count). The normalized spacial score (nSPS) is 10.3. The minimum atomic E-state index is -0.504. The zero-order valence-corrected chi connectivity index (χ0v) is 11.4. The number of nitrogens with one attached hydrogen (secondary N) is 2. The van der Waals surface area contributed by atoms with Crippen molar-refractivity contribution in [3.63, 3.8) is 0 Å². The van der Waals surface area contributed by atoms with Crippen LogP contribution in [-0.4, -0.2) is 31.3 Å². The third kappa shape index (κ3) is 3.18. The second-order valence-corrected chi connectivity index (χ2v) is 4.21. The molecule has 0 atom stereocenters. The van der Waals surface area contributed by atoms with Crippen molar-refractivity contribution in [1.29, 1.82) is 0 Å². The molecule has 4 N–H and O–H groups in total. The number of aromatic nitrogens is 3. The maximum absolute atomic E-state index is 11.8. The minimum absolute atomic E-state index is 0.0996. The molecule has 2 aromatic rings. The van der Waals surface area contributed by atoms with Crippen LogP contribution < -0.4 is 16.5 Å². The molecule has 0 saturated heterocycles. The second kappa shape index (κ2) is 6.06. The minimum Gasteiger partial charge on any atom is -0.504 e. The topological polar surface area (TPSA) is 112 Å². The van der Waals surface area contributed by atoms with Crippen LogP contribution in [0.15, 0.2) is 35.6 Å². The molecule has 1 aromatic heterocycles. The van der Waals surface area contributed by atoms with E-state index in [-0.39, 0.29) is 17.4 Å². The van der Waals surface area contributed by atoms with Crippen molar-refractivity contribution < 1.29 is 10.2 Å². The summed E-state index contributed by atoms with van der Waals surface area (Å²) in [5, 5.41) is 18.9. The molecule has 1 aromatic carbocycles. The van der Waals surface area contributed by atoms with E-state index in [0.717, 1.165) is 0 Å². The van der Waals surface area contributed by atoms with Gasteiger partial charge in [0.15, 0.2) is 11.5 Å². The van der Waals surface area contributed by atoms with Crippen molar-refractivity contribution in [2.45, 2.75) is 0 Å². The molecule has 8 nitrogen and oxygen atoms in total. The molecule has 8 heteroatoms. The van der Waals surface area contributed by atoms with Gasteiger partial charge in [-0.2, -0.15) is 9.97 Å². The van der Waals surface area contributed by atoms with Crippen molar-refractivity contribution in [2.75, 3.05) is 12.0 Å². The second-order valence-electron chi connectivity index (χ2n) is 4.21. The van der Waals surface area contributed by atoms with Crippen LogP contribution >= 0.6 is 0 Å². The van der Waals surface area contributed by atoms with Crippen LogP contribution in [0.4, 0.5) is 5.95 Å². The van der Waals surface area contributed by atoms with Crippen molar-refractivity contribution in [2.24, 2.45) is 7.05 Å². The third-order valence-corrected chi connectivity index (χ3v) is 2.70. The lowest BCUT2D eigenvalue weighted by Gasteiger charge is -2.10. The summed E-state index contributed by atoms with van der Waals surface area (Å²) in [4.78, 5) is 19.8. The van der Waals surface area contributed by atoms with Crippen molar-refractivity contribution in [3.8, 4) is 22.9 Å². The molecule has 0 aliphatic carbocycles. The average molecular weight is 289 g/mol. The number of anilines is 1. The van der Waals surface area contributed by atoms with Crippen LogP contribution in [0.5, 0.6) is 11.5 Å². The van der Waals surface area contributed by atoms with Crippen molar-refractivity contribution in [1.82, 2.24) is 20.0 Å². The van der Waals surface area contributed by atoms with Gasteiger partial charge in [0, 0.05) is 19.2 Å². The molecular formula is C13H15N5O3. The standard InChI is InChI=1S/C13H15N5O3/c1-3-6-14-17-12-15-11(18(2)13(21)16-12)8-4-5-9(19)10(20)7-8/h3-5,7,14,19-20H,1,6H2,2H3,(H,16,17,21). The first-order valence-electron chi connectivity index (χ1n) is 6.10. The Morgan fingerprint density at radius 1 is 1.33 bits per heavy atom. The Kier molecular flexibility index (Phi) is 4.19. The zero-order chi connectivity index (χ0) is 15.4. The number of hydrazine groups is 1. The summed E-state index contributed by atoms with van der Waals surface area (Å²) < 4.78 is 1.24. The van der Waals surface area contributed by atoms with Gasteiger partial charge in [0.2, 0.25) is 5.95 Å². The molecule has 110 valence electrons. The van der Waals surface area contributed by atoms with Gasteiger partial charge in [0.05, 0.1) is 0 Å². The first-order chi connectivity index (χ1) is 10.0. The molecule has 0 aliphatic rings.